The fraction of sp³-hybridized carbons (Fsp3) is 0.118. The number of hydrogen-bond acceptors (Lipinski definition) is 6. The van der Waals surface area contributed by atoms with Gasteiger partial charge in [-0.05, 0) is 30.3 Å². The molecule has 3 rings (SSSR count). The van der Waals surface area contributed by atoms with Crippen molar-refractivity contribution in [3.8, 4) is 5.75 Å². The molecule has 0 bridgehead atoms. The Labute approximate surface area is 138 Å². The highest BCUT2D eigenvalue weighted by Gasteiger charge is 2.04. The van der Waals surface area contributed by atoms with Gasteiger partial charge in [-0.25, -0.2) is 4.39 Å². The molecule has 1 heterocycles. The number of ether oxygens (including phenoxy) is 1. The van der Waals surface area contributed by atoms with E-state index in [4.69, 9.17) is 4.74 Å². The van der Waals surface area contributed by atoms with Gasteiger partial charge in [-0.15, -0.1) is 5.10 Å². The van der Waals surface area contributed by atoms with Crippen LogP contribution in [0.1, 0.15) is 5.56 Å². The Morgan fingerprint density at radius 2 is 1.88 bits per heavy atom. The summed E-state index contributed by atoms with van der Waals surface area (Å²) in [5.74, 6) is 1.39. The van der Waals surface area contributed by atoms with E-state index in [2.05, 4.69) is 25.8 Å². The lowest BCUT2D eigenvalue weighted by Crippen LogP contribution is -2.07. The lowest BCUT2D eigenvalue weighted by atomic mass is 10.2. The van der Waals surface area contributed by atoms with Crippen LogP contribution in [-0.2, 0) is 6.54 Å². The van der Waals surface area contributed by atoms with E-state index >= 15 is 0 Å². The van der Waals surface area contributed by atoms with Crippen LogP contribution in [0, 0.1) is 5.82 Å². The topological polar surface area (TPSA) is 72.0 Å². The Morgan fingerprint density at radius 1 is 1.08 bits per heavy atom. The van der Waals surface area contributed by atoms with Crippen LogP contribution in [0.25, 0.3) is 0 Å². The maximum atomic E-state index is 12.9. The highest BCUT2D eigenvalue weighted by Crippen LogP contribution is 2.19. The minimum absolute atomic E-state index is 0.291. The molecular weight excluding hydrogens is 309 g/mol. The van der Waals surface area contributed by atoms with E-state index in [1.807, 2.05) is 24.3 Å². The lowest BCUT2D eigenvalue weighted by Gasteiger charge is -2.10. The van der Waals surface area contributed by atoms with Crippen molar-refractivity contribution >= 4 is 17.5 Å². The van der Waals surface area contributed by atoms with Gasteiger partial charge in [-0.1, -0.05) is 18.2 Å². The number of nitrogens with zero attached hydrogens (tertiary/aromatic N) is 3. The Balaban J connectivity index is 1.68. The lowest BCUT2D eigenvalue weighted by molar-refractivity contribution is 0.410. The number of para-hydroxylation sites is 1. The third-order valence-electron chi connectivity index (χ3n) is 3.30. The molecule has 7 heteroatoms. The molecule has 0 unspecified atom stereocenters. The maximum absolute atomic E-state index is 12.9. The first-order chi connectivity index (χ1) is 11.7. The summed E-state index contributed by atoms with van der Waals surface area (Å²) >= 11 is 0. The van der Waals surface area contributed by atoms with Crippen LogP contribution in [0.5, 0.6) is 5.75 Å². The van der Waals surface area contributed by atoms with Crippen LogP contribution < -0.4 is 15.4 Å². The van der Waals surface area contributed by atoms with Crippen LogP contribution in [0.3, 0.4) is 0 Å². The summed E-state index contributed by atoms with van der Waals surface area (Å²) in [5.41, 5.74) is 1.70. The fourth-order valence-corrected chi connectivity index (χ4v) is 2.14. The molecule has 0 spiro atoms. The highest BCUT2D eigenvalue weighted by atomic mass is 19.1. The van der Waals surface area contributed by atoms with E-state index in [-0.39, 0.29) is 5.82 Å². The third-order valence-corrected chi connectivity index (χ3v) is 3.30. The van der Waals surface area contributed by atoms with Crippen LogP contribution >= 0.6 is 0 Å². The number of rotatable bonds is 6. The van der Waals surface area contributed by atoms with E-state index in [1.165, 1.54) is 18.3 Å². The number of aromatic nitrogens is 3. The number of methoxy groups -OCH3 is 1. The third kappa shape index (κ3) is 3.95. The van der Waals surface area contributed by atoms with Crippen molar-refractivity contribution in [2.75, 3.05) is 17.7 Å². The summed E-state index contributed by atoms with van der Waals surface area (Å²) < 4.78 is 18.2. The molecule has 0 atom stereocenters. The molecule has 0 saturated carbocycles. The van der Waals surface area contributed by atoms with Gasteiger partial charge in [0.05, 0.1) is 13.3 Å². The first-order valence-electron chi connectivity index (χ1n) is 7.32. The van der Waals surface area contributed by atoms with Gasteiger partial charge in [-0.3, -0.25) is 0 Å². The number of benzene rings is 2. The van der Waals surface area contributed by atoms with E-state index < -0.39 is 0 Å². The van der Waals surface area contributed by atoms with Crippen molar-refractivity contribution in [1.82, 2.24) is 15.2 Å². The quantitative estimate of drug-likeness (QED) is 0.724. The number of nitrogens with one attached hydrogen (secondary N) is 2. The van der Waals surface area contributed by atoms with Crippen molar-refractivity contribution < 1.29 is 9.13 Å². The number of hydrogen-bond donors (Lipinski definition) is 2. The van der Waals surface area contributed by atoms with E-state index in [1.54, 1.807) is 19.2 Å². The molecule has 0 aliphatic carbocycles. The molecule has 3 aromatic rings. The zero-order valence-electron chi connectivity index (χ0n) is 13.0. The second kappa shape index (κ2) is 7.36. The molecule has 6 nitrogen and oxygen atoms in total. The smallest absolute Gasteiger partial charge is 0.244 e. The zero-order valence-corrected chi connectivity index (χ0v) is 13.0. The van der Waals surface area contributed by atoms with Gasteiger partial charge in [0, 0.05) is 17.8 Å². The molecule has 24 heavy (non-hydrogen) atoms. The predicted octanol–water partition coefficient (Wildman–Crippen LogP) is 3.38. The number of anilines is 3. The Bertz CT molecular complexity index is 810. The van der Waals surface area contributed by atoms with E-state index in [0.29, 0.717) is 24.0 Å². The van der Waals surface area contributed by atoms with Gasteiger partial charge >= 0.3 is 0 Å². The van der Waals surface area contributed by atoms with Gasteiger partial charge in [0.25, 0.3) is 0 Å². The molecule has 0 aliphatic heterocycles. The van der Waals surface area contributed by atoms with Gasteiger partial charge < -0.3 is 15.4 Å². The summed E-state index contributed by atoms with van der Waals surface area (Å²) in [6.45, 7) is 0.506. The fourth-order valence-electron chi connectivity index (χ4n) is 2.14. The highest BCUT2D eigenvalue weighted by molar-refractivity contribution is 5.55. The molecular formula is C17H16FN5O. The second-order valence-corrected chi connectivity index (χ2v) is 4.96. The van der Waals surface area contributed by atoms with Crippen LogP contribution in [0.2, 0.25) is 0 Å². The molecule has 2 N–H and O–H groups in total. The van der Waals surface area contributed by atoms with Gasteiger partial charge in [0.1, 0.15) is 11.6 Å². The predicted molar refractivity (Wildman–Crippen MR) is 89.8 cm³/mol. The minimum atomic E-state index is -0.291. The molecule has 1 aromatic heterocycles. The van der Waals surface area contributed by atoms with Crippen molar-refractivity contribution in [1.29, 1.82) is 0 Å². The molecule has 122 valence electrons. The minimum Gasteiger partial charge on any atom is -0.496 e. The molecule has 0 amide bonds. The SMILES string of the molecule is COc1ccccc1CNc1nncc(Nc2ccc(F)cc2)n1. The zero-order chi connectivity index (χ0) is 16.8. The Kier molecular flexibility index (Phi) is 4.81. The second-order valence-electron chi connectivity index (χ2n) is 4.96. The van der Waals surface area contributed by atoms with Gasteiger partial charge in [0.2, 0.25) is 5.95 Å². The van der Waals surface area contributed by atoms with Crippen LogP contribution in [-0.4, -0.2) is 22.3 Å². The molecule has 0 fully saturated rings. The summed E-state index contributed by atoms with van der Waals surface area (Å²) in [5, 5.41) is 14.0. The van der Waals surface area contributed by atoms with Crippen molar-refractivity contribution in [2.24, 2.45) is 0 Å². The standard InChI is InChI=1S/C17H16FN5O/c1-24-15-5-3-2-4-12(15)10-19-17-22-16(11-20-23-17)21-14-8-6-13(18)7-9-14/h2-9,11H,10H2,1H3,(H2,19,21,22,23). The summed E-state index contributed by atoms with van der Waals surface area (Å²) in [7, 11) is 1.63. The maximum Gasteiger partial charge on any atom is 0.244 e. The largest absolute Gasteiger partial charge is 0.496 e. The summed E-state index contributed by atoms with van der Waals surface area (Å²) in [6.07, 6.45) is 1.50. The van der Waals surface area contributed by atoms with Gasteiger partial charge in [-0.2, -0.15) is 10.1 Å². The normalized spacial score (nSPS) is 10.2. The average Bonchev–Trinajstić information content (AvgIpc) is 2.62. The van der Waals surface area contributed by atoms with Crippen molar-refractivity contribution in [2.45, 2.75) is 6.54 Å². The Hall–Kier alpha value is -3.22. The first-order valence-corrected chi connectivity index (χ1v) is 7.32. The van der Waals surface area contributed by atoms with E-state index in [0.717, 1.165) is 11.3 Å². The average molecular weight is 325 g/mol. The summed E-state index contributed by atoms with van der Waals surface area (Å²) in [6, 6.07) is 13.7. The van der Waals surface area contributed by atoms with Crippen LogP contribution in [0.15, 0.2) is 54.7 Å². The monoisotopic (exact) mass is 325 g/mol. The van der Waals surface area contributed by atoms with Crippen LogP contribution in [0.4, 0.5) is 21.8 Å². The van der Waals surface area contributed by atoms with Crippen molar-refractivity contribution in [3.05, 3.63) is 66.1 Å². The summed E-state index contributed by atoms with van der Waals surface area (Å²) in [4.78, 5) is 4.33. The first kappa shape index (κ1) is 15.7. The van der Waals surface area contributed by atoms with Crippen molar-refractivity contribution in [3.63, 3.8) is 0 Å². The molecule has 0 saturated heterocycles. The molecule has 2 aromatic carbocycles. The van der Waals surface area contributed by atoms with Gasteiger partial charge in [0.15, 0.2) is 5.82 Å². The van der Waals surface area contributed by atoms with E-state index in [9.17, 15) is 4.39 Å². The molecule has 0 aliphatic rings. The number of halogens is 1. The molecule has 0 radical (unpaired) electrons. The Morgan fingerprint density at radius 3 is 2.67 bits per heavy atom.